The highest BCUT2D eigenvalue weighted by Crippen LogP contribution is 2.36. The zero-order valence-corrected chi connectivity index (χ0v) is 18.3. The number of guanidine groups is 1. The maximum Gasteiger partial charge on any atom is 0.272 e. The molecule has 0 spiro atoms. The topological polar surface area (TPSA) is 48.9 Å². The van der Waals surface area contributed by atoms with E-state index in [1.54, 1.807) is 25.2 Å². The minimum absolute atomic E-state index is 0.424. The maximum absolute atomic E-state index is 12.3. The van der Waals surface area contributed by atoms with Crippen LogP contribution in [-0.2, 0) is 6.54 Å². The number of hydrogen-bond acceptors (Lipinski definition) is 4. The number of rotatable bonds is 8. The van der Waals surface area contributed by atoms with Gasteiger partial charge in [0.25, 0.3) is 6.43 Å². The molecule has 0 radical (unpaired) electrons. The van der Waals surface area contributed by atoms with Crippen molar-refractivity contribution in [1.29, 1.82) is 0 Å². The van der Waals surface area contributed by atoms with Crippen LogP contribution in [0.1, 0.15) is 29.3 Å². The average Bonchev–Trinajstić information content (AvgIpc) is 3.27. The number of benzene rings is 1. The summed E-state index contributed by atoms with van der Waals surface area (Å²) >= 11 is 1.82. The first-order chi connectivity index (χ1) is 14.6. The summed E-state index contributed by atoms with van der Waals surface area (Å²) in [5.74, 6) is 1.68. The minimum Gasteiger partial charge on any atom is -0.488 e. The number of alkyl halides is 2. The van der Waals surface area contributed by atoms with E-state index in [1.807, 2.05) is 17.4 Å². The van der Waals surface area contributed by atoms with Crippen molar-refractivity contribution in [2.45, 2.75) is 31.9 Å². The van der Waals surface area contributed by atoms with Gasteiger partial charge in [0.1, 0.15) is 12.4 Å². The van der Waals surface area contributed by atoms with Crippen molar-refractivity contribution in [3.05, 3.63) is 52.2 Å². The molecule has 3 rings (SSSR count). The lowest BCUT2D eigenvalue weighted by molar-refractivity contribution is 0.0818. The highest BCUT2D eigenvalue weighted by molar-refractivity contribution is 7.10. The van der Waals surface area contributed by atoms with E-state index in [2.05, 4.69) is 45.1 Å². The summed E-state index contributed by atoms with van der Waals surface area (Å²) in [5, 5.41) is 8.91. The Kier molecular flexibility index (Phi) is 8.45. The van der Waals surface area contributed by atoms with Crippen LogP contribution in [0.4, 0.5) is 8.78 Å². The van der Waals surface area contributed by atoms with Gasteiger partial charge < -0.3 is 15.4 Å². The van der Waals surface area contributed by atoms with Crippen LogP contribution < -0.4 is 15.4 Å². The molecule has 8 heteroatoms. The van der Waals surface area contributed by atoms with Crippen LogP contribution in [0.3, 0.4) is 0 Å². The van der Waals surface area contributed by atoms with E-state index in [9.17, 15) is 8.78 Å². The molecule has 2 unspecified atom stereocenters. The van der Waals surface area contributed by atoms with E-state index in [0.717, 1.165) is 24.6 Å². The number of hydrogen-bond donors (Lipinski definition) is 2. The van der Waals surface area contributed by atoms with Gasteiger partial charge in [0.05, 0.1) is 0 Å². The summed E-state index contributed by atoms with van der Waals surface area (Å²) in [6.07, 6.45) is -0.102. The van der Waals surface area contributed by atoms with E-state index < -0.39 is 13.0 Å². The standard InChI is InChI=1S/C22H30F2N4OS/c1-25-22(26-13-16-6-3-8-18(12-16)29-15-20(23)24)27-14-17-7-4-10-28(2)21(17)19-9-5-11-30-19/h3,5-6,8-9,11-12,17,20-21H,4,7,10,13-15H2,1-2H3,(H2,25,26,27). The monoisotopic (exact) mass is 436 g/mol. The molecule has 0 saturated carbocycles. The Labute approximate surface area is 181 Å². The van der Waals surface area contributed by atoms with Crippen LogP contribution >= 0.6 is 11.3 Å². The molecule has 1 fully saturated rings. The summed E-state index contributed by atoms with van der Waals surface area (Å²) in [6, 6.07) is 11.9. The van der Waals surface area contributed by atoms with Crippen LogP contribution in [0.2, 0.25) is 0 Å². The molecule has 5 nitrogen and oxygen atoms in total. The van der Waals surface area contributed by atoms with Gasteiger partial charge in [0.15, 0.2) is 5.96 Å². The van der Waals surface area contributed by atoms with Gasteiger partial charge in [-0.15, -0.1) is 11.3 Å². The van der Waals surface area contributed by atoms with Crippen LogP contribution in [0.5, 0.6) is 5.75 Å². The number of halogens is 2. The first kappa shape index (κ1) is 22.5. The van der Waals surface area contributed by atoms with Gasteiger partial charge in [-0.3, -0.25) is 9.89 Å². The zero-order chi connectivity index (χ0) is 21.3. The second-order valence-corrected chi connectivity index (χ2v) is 8.48. The number of aliphatic imine (C=N–C) groups is 1. The van der Waals surface area contributed by atoms with Gasteiger partial charge in [-0.25, -0.2) is 8.78 Å². The van der Waals surface area contributed by atoms with Gasteiger partial charge >= 0.3 is 0 Å². The van der Waals surface area contributed by atoms with Crippen molar-refractivity contribution in [3.63, 3.8) is 0 Å². The normalized spacial score (nSPS) is 20.4. The Morgan fingerprint density at radius 1 is 1.30 bits per heavy atom. The molecule has 2 aromatic rings. The summed E-state index contributed by atoms with van der Waals surface area (Å²) in [5.41, 5.74) is 0.943. The third-order valence-corrected chi connectivity index (χ3v) is 6.27. The molecule has 30 heavy (non-hydrogen) atoms. The summed E-state index contributed by atoms with van der Waals surface area (Å²) < 4.78 is 29.8. The molecule has 1 aliphatic heterocycles. The van der Waals surface area contributed by atoms with Crippen molar-refractivity contribution in [2.75, 3.05) is 33.8 Å². The fourth-order valence-electron chi connectivity index (χ4n) is 3.92. The fourth-order valence-corrected chi connectivity index (χ4v) is 4.90. The third-order valence-electron chi connectivity index (χ3n) is 5.33. The molecule has 164 valence electrons. The number of likely N-dealkylation sites (tertiary alicyclic amines) is 1. The molecule has 1 saturated heterocycles. The van der Waals surface area contributed by atoms with E-state index in [1.165, 1.54) is 17.7 Å². The largest absolute Gasteiger partial charge is 0.488 e. The number of thiophene rings is 1. The van der Waals surface area contributed by atoms with Crippen molar-refractivity contribution in [3.8, 4) is 5.75 Å². The van der Waals surface area contributed by atoms with Gasteiger partial charge in [-0.1, -0.05) is 18.2 Å². The van der Waals surface area contributed by atoms with Gasteiger partial charge in [-0.2, -0.15) is 0 Å². The van der Waals surface area contributed by atoms with E-state index >= 15 is 0 Å². The number of piperidine rings is 1. The summed E-state index contributed by atoms with van der Waals surface area (Å²) in [7, 11) is 3.95. The second-order valence-electron chi connectivity index (χ2n) is 7.50. The zero-order valence-electron chi connectivity index (χ0n) is 17.5. The molecular weight excluding hydrogens is 406 g/mol. The Bertz CT molecular complexity index is 800. The lowest BCUT2D eigenvalue weighted by Crippen LogP contribution is -2.44. The third kappa shape index (κ3) is 6.40. The van der Waals surface area contributed by atoms with Crippen LogP contribution in [0.25, 0.3) is 0 Å². The van der Waals surface area contributed by atoms with Crippen molar-refractivity contribution < 1.29 is 13.5 Å². The van der Waals surface area contributed by atoms with Crippen LogP contribution in [0.15, 0.2) is 46.8 Å². The fraction of sp³-hybridized carbons (Fsp3) is 0.500. The minimum atomic E-state index is -2.48. The lowest BCUT2D eigenvalue weighted by Gasteiger charge is -2.39. The molecule has 1 aromatic carbocycles. The molecule has 2 N–H and O–H groups in total. The average molecular weight is 437 g/mol. The van der Waals surface area contributed by atoms with Crippen molar-refractivity contribution in [2.24, 2.45) is 10.9 Å². The molecule has 0 amide bonds. The predicted molar refractivity (Wildman–Crippen MR) is 119 cm³/mol. The van der Waals surface area contributed by atoms with Gasteiger partial charge in [0.2, 0.25) is 0 Å². The quantitative estimate of drug-likeness (QED) is 0.482. The molecule has 1 aliphatic rings. The Hall–Kier alpha value is -2.19. The predicted octanol–water partition coefficient (Wildman–Crippen LogP) is 4.14. The number of nitrogens with zero attached hydrogens (tertiary/aromatic N) is 2. The van der Waals surface area contributed by atoms with Crippen molar-refractivity contribution >= 4 is 17.3 Å². The number of nitrogens with one attached hydrogen (secondary N) is 2. The van der Waals surface area contributed by atoms with Gasteiger partial charge in [-0.05, 0) is 61.5 Å². The smallest absolute Gasteiger partial charge is 0.272 e. The van der Waals surface area contributed by atoms with Gasteiger partial charge in [0, 0.05) is 31.1 Å². The second kappa shape index (κ2) is 11.3. The van der Waals surface area contributed by atoms with Crippen LogP contribution in [-0.4, -0.2) is 51.1 Å². The molecule has 0 bridgehead atoms. The maximum atomic E-state index is 12.3. The molecule has 2 atom stereocenters. The van der Waals surface area contributed by atoms with E-state index in [-0.39, 0.29) is 0 Å². The van der Waals surface area contributed by atoms with E-state index in [0.29, 0.717) is 24.3 Å². The first-order valence-electron chi connectivity index (χ1n) is 10.2. The molecule has 0 aliphatic carbocycles. The SMILES string of the molecule is CN=C(NCc1cccc(OCC(F)F)c1)NCC1CCCN(C)C1c1cccs1. The number of ether oxygens (including phenoxy) is 1. The summed E-state index contributed by atoms with van der Waals surface area (Å²) in [4.78, 5) is 8.19. The highest BCUT2D eigenvalue weighted by atomic mass is 32.1. The Balaban J connectivity index is 1.53. The molecule has 1 aromatic heterocycles. The van der Waals surface area contributed by atoms with E-state index in [4.69, 9.17) is 4.74 Å². The lowest BCUT2D eigenvalue weighted by atomic mass is 9.88. The van der Waals surface area contributed by atoms with Crippen molar-refractivity contribution in [1.82, 2.24) is 15.5 Å². The van der Waals surface area contributed by atoms with Crippen LogP contribution in [0, 0.1) is 5.92 Å². The first-order valence-corrected chi connectivity index (χ1v) is 11.1. The Morgan fingerprint density at radius 3 is 2.90 bits per heavy atom. The highest BCUT2D eigenvalue weighted by Gasteiger charge is 2.31. The molecule has 2 heterocycles. The summed E-state index contributed by atoms with van der Waals surface area (Å²) in [6.45, 7) is 1.89. The Morgan fingerprint density at radius 2 is 2.17 bits per heavy atom. The molecular formula is C22H30F2N4OS.